The first-order chi connectivity index (χ1) is 12.0. The van der Waals surface area contributed by atoms with Gasteiger partial charge in [0.2, 0.25) is 5.13 Å². The van der Waals surface area contributed by atoms with Crippen LogP contribution >= 0.6 is 11.5 Å². The highest BCUT2D eigenvalue weighted by Crippen LogP contribution is 2.25. The molecule has 2 N–H and O–H groups in total. The van der Waals surface area contributed by atoms with Crippen LogP contribution in [-0.2, 0) is 6.54 Å². The van der Waals surface area contributed by atoms with Crippen molar-refractivity contribution in [3.63, 3.8) is 0 Å². The molecule has 7 nitrogen and oxygen atoms in total. The van der Waals surface area contributed by atoms with Crippen LogP contribution in [-0.4, -0.2) is 50.4 Å². The number of hydrogen-bond acceptors (Lipinski definition) is 8. The first-order valence-corrected chi connectivity index (χ1v) is 9.66. The van der Waals surface area contributed by atoms with Crippen LogP contribution in [0.1, 0.15) is 50.7 Å². The van der Waals surface area contributed by atoms with Gasteiger partial charge in [-0.2, -0.15) is 4.37 Å². The summed E-state index contributed by atoms with van der Waals surface area (Å²) in [4.78, 5) is 18.1. The Morgan fingerprint density at radius 1 is 1.32 bits per heavy atom. The third kappa shape index (κ3) is 4.64. The Morgan fingerprint density at radius 2 is 2.16 bits per heavy atom. The molecule has 0 spiro atoms. The zero-order valence-electron chi connectivity index (χ0n) is 15.2. The Bertz CT molecular complexity index is 687. The second-order valence-electron chi connectivity index (χ2n) is 6.97. The van der Waals surface area contributed by atoms with E-state index in [1.807, 2.05) is 0 Å². The lowest BCUT2D eigenvalue weighted by Gasteiger charge is -2.26. The molecular formula is C17H27N7S. The average Bonchev–Trinajstić information content (AvgIpc) is 2.93. The van der Waals surface area contributed by atoms with E-state index >= 15 is 0 Å². The molecule has 1 fully saturated rings. The molecule has 0 bridgehead atoms. The van der Waals surface area contributed by atoms with Gasteiger partial charge >= 0.3 is 0 Å². The van der Waals surface area contributed by atoms with Crippen LogP contribution in [0.3, 0.4) is 0 Å². The third-order valence-corrected chi connectivity index (χ3v) is 5.45. The monoisotopic (exact) mass is 361 g/mol. The van der Waals surface area contributed by atoms with Gasteiger partial charge in [0, 0.05) is 42.8 Å². The van der Waals surface area contributed by atoms with Crippen molar-refractivity contribution in [2.24, 2.45) is 0 Å². The van der Waals surface area contributed by atoms with Crippen LogP contribution in [0.4, 0.5) is 10.9 Å². The van der Waals surface area contributed by atoms with E-state index in [0.29, 0.717) is 17.8 Å². The number of anilines is 2. The van der Waals surface area contributed by atoms with Gasteiger partial charge in [-0.1, -0.05) is 13.8 Å². The quantitative estimate of drug-likeness (QED) is 0.876. The molecule has 136 valence electrons. The summed E-state index contributed by atoms with van der Waals surface area (Å²) in [6.07, 6.45) is 5.16. The maximum absolute atomic E-state index is 5.76. The van der Waals surface area contributed by atoms with Crippen molar-refractivity contribution in [3.05, 3.63) is 23.9 Å². The van der Waals surface area contributed by atoms with E-state index in [1.165, 1.54) is 18.0 Å². The third-order valence-electron chi connectivity index (χ3n) is 4.66. The Kier molecular flexibility index (Phi) is 5.80. The molecule has 1 aliphatic rings. The maximum atomic E-state index is 5.76. The highest BCUT2D eigenvalue weighted by Gasteiger charge is 2.23. The lowest BCUT2D eigenvalue weighted by molar-refractivity contribution is 0.212. The van der Waals surface area contributed by atoms with Gasteiger partial charge < -0.3 is 10.6 Å². The molecular weight excluding hydrogens is 334 g/mol. The number of nitrogens with zero attached hydrogens (tertiary/aromatic N) is 6. The lowest BCUT2D eigenvalue weighted by atomic mass is 10.1. The van der Waals surface area contributed by atoms with Crippen LogP contribution < -0.4 is 10.6 Å². The summed E-state index contributed by atoms with van der Waals surface area (Å²) in [5, 5.41) is 1.06. The summed E-state index contributed by atoms with van der Waals surface area (Å²) >= 11 is 1.52. The van der Waals surface area contributed by atoms with Crippen molar-refractivity contribution in [1.82, 2.24) is 24.2 Å². The van der Waals surface area contributed by atoms with Crippen molar-refractivity contribution >= 4 is 22.5 Å². The molecule has 3 rings (SSSR count). The summed E-state index contributed by atoms with van der Waals surface area (Å²) in [6, 6.07) is 2.24. The smallest absolute Gasteiger partial charge is 0.205 e. The van der Waals surface area contributed by atoms with Crippen LogP contribution in [0.5, 0.6) is 0 Å². The largest absolute Gasteiger partial charge is 0.384 e. The number of aromatic nitrogens is 4. The molecule has 1 atom stereocenters. The van der Waals surface area contributed by atoms with E-state index in [2.05, 4.69) is 45.0 Å². The summed E-state index contributed by atoms with van der Waals surface area (Å²) in [7, 11) is 2.15. The van der Waals surface area contributed by atoms with Crippen molar-refractivity contribution in [3.8, 4) is 0 Å². The van der Waals surface area contributed by atoms with Crippen LogP contribution in [0.15, 0.2) is 12.3 Å². The number of nitrogens with two attached hydrogens (primary N) is 1. The number of hydrogen-bond donors (Lipinski definition) is 1. The minimum absolute atomic E-state index is 0.383. The Morgan fingerprint density at radius 3 is 2.88 bits per heavy atom. The van der Waals surface area contributed by atoms with Crippen molar-refractivity contribution < 1.29 is 0 Å². The maximum Gasteiger partial charge on any atom is 0.205 e. The predicted octanol–water partition coefficient (Wildman–Crippen LogP) is 2.52. The lowest BCUT2D eigenvalue weighted by Crippen LogP contribution is -2.33. The highest BCUT2D eigenvalue weighted by molar-refractivity contribution is 7.09. The van der Waals surface area contributed by atoms with Gasteiger partial charge in [-0.15, -0.1) is 0 Å². The van der Waals surface area contributed by atoms with E-state index in [9.17, 15) is 0 Å². The fraction of sp³-hybridized carbons (Fsp3) is 0.647. The second-order valence-corrected chi connectivity index (χ2v) is 7.70. The van der Waals surface area contributed by atoms with Gasteiger partial charge in [-0.25, -0.2) is 15.0 Å². The summed E-state index contributed by atoms with van der Waals surface area (Å²) in [6.45, 7) is 7.06. The van der Waals surface area contributed by atoms with Crippen molar-refractivity contribution in [2.75, 3.05) is 30.8 Å². The zero-order chi connectivity index (χ0) is 17.8. The normalized spacial score (nSPS) is 18.8. The summed E-state index contributed by atoms with van der Waals surface area (Å²) in [5.74, 6) is 2.66. The van der Waals surface area contributed by atoms with Crippen molar-refractivity contribution in [2.45, 2.75) is 51.6 Å². The van der Waals surface area contributed by atoms with E-state index in [1.54, 1.807) is 12.3 Å². The summed E-state index contributed by atoms with van der Waals surface area (Å²) < 4.78 is 4.49. The Labute approximate surface area is 153 Å². The molecule has 0 amide bonds. The van der Waals surface area contributed by atoms with Gasteiger partial charge in [0.15, 0.2) is 0 Å². The Hall–Kier alpha value is -1.80. The van der Waals surface area contributed by atoms with Gasteiger partial charge in [-0.05, 0) is 32.4 Å². The molecule has 0 radical (unpaired) electrons. The molecule has 0 saturated carbocycles. The van der Waals surface area contributed by atoms with Gasteiger partial charge in [0.05, 0.1) is 6.54 Å². The highest BCUT2D eigenvalue weighted by atomic mass is 32.1. The predicted molar refractivity (Wildman–Crippen MR) is 102 cm³/mol. The molecule has 1 saturated heterocycles. The summed E-state index contributed by atoms with van der Waals surface area (Å²) in [5.41, 5.74) is 5.76. The Balaban J connectivity index is 1.58. The van der Waals surface area contributed by atoms with Crippen molar-refractivity contribution in [1.29, 1.82) is 0 Å². The minimum Gasteiger partial charge on any atom is -0.384 e. The fourth-order valence-corrected chi connectivity index (χ4v) is 4.00. The zero-order valence-corrected chi connectivity index (χ0v) is 16.0. The standard InChI is InChI=1S/C17H27N7S/c1-12(2)16-21-17(25-22-16)24-9-4-5-13(7-10-24)23(3)11-15-19-8-6-14(18)20-15/h6,8,12-13H,4-5,7,9-11H2,1-3H3,(H2,18,19,20)/t13-/m1/s1. The average molecular weight is 362 g/mol. The van der Waals surface area contributed by atoms with Gasteiger partial charge in [-0.3, -0.25) is 4.90 Å². The van der Waals surface area contributed by atoms with E-state index in [-0.39, 0.29) is 0 Å². The van der Waals surface area contributed by atoms with E-state index in [0.717, 1.165) is 49.3 Å². The molecule has 8 heteroatoms. The molecule has 3 heterocycles. The van der Waals surface area contributed by atoms with E-state index < -0.39 is 0 Å². The SMILES string of the molecule is CC(C)c1nsc(N2CCC[C@@H](N(C)Cc3nccc(N)n3)CC2)n1. The molecule has 1 aliphatic heterocycles. The van der Waals surface area contributed by atoms with Crippen LogP contribution in [0.25, 0.3) is 0 Å². The number of rotatable bonds is 5. The first kappa shape index (κ1) is 18.0. The van der Waals surface area contributed by atoms with Gasteiger partial charge in [0.1, 0.15) is 17.5 Å². The molecule has 0 aromatic carbocycles. The molecule has 0 aliphatic carbocycles. The number of nitrogen functional groups attached to an aromatic ring is 1. The first-order valence-electron chi connectivity index (χ1n) is 8.89. The van der Waals surface area contributed by atoms with Crippen LogP contribution in [0, 0.1) is 0 Å². The van der Waals surface area contributed by atoms with Crippen LogP contribution in [0.2, 0.25) is 0 Å². The molecule has 2 aromatic rings. The van der Waals surface area contributed by atoms with E-state index in [4.69, 9.17) is 10.7 Å². The molecule has 2 aromatic heterocycles. The fourth-order valence-electron chi connectivity index (χ4n) is 3.14. The second kappa shape index (κ2) is 8.05. The molecule has 0 unspecified atom stereocenters. The van der Waals surface area contributed by atoms with Gasteiger partial charge in [0.25, 0.3) is 0 Å². The molecule has 25 heavy (non-hydrogen) atoms. The topological polar surface area (TPSA) is 84.1 Å². The minimum atomic E-state index is 0.383.